The van der Waals surface area contributed by atoms with E-state index in [1.807, 2.05) is 0 Å². The Labute approximate surface area is 131 Å². The van der Waals surface area contributed by atoms with E-state index in [-0.39, 0.29) is 18.2 Å². The van der Waals surface area contributed by atoms with Crippen molar-refractivity contribution in [3.63, 3.8) is 0 Å². The van der Waals surface area contributed by atoms with Gasteiger partial charge in [-0.1, -0.05) is 6.07 Å². The van der Waals surface area contributed by atoms with Crippen LogP contribution in [0.3, 0.4) is 0 Å². The molecule has 6 nitrogen and oxygen atoms in total. The monoisotopic (exact) mass is 306 g/mol. The molecule has 0 aromatic carbocycles. The molecule has 122 valence electrons. The number of rotatable bonds is 5. The molecule has 2 heterocycles. The second-order valence-electron chi connectivity index (χ2n) is 6.25. The lowest BCUT2D eigenvalue weighted by molar-refractivity contribution is 0.0212. The van der Waals surface area contributed by atoms with Gasteiger partial charge in [0.25, 0.3) is 0 Å². The number of hydrogen-bond donors (Lipinski definition) is 2. The molecule has 3 rings (SSSR count). The number of nitrogens with two attached hydrogens (primary N) is 2. The minimum Gasteiger partial charge on any atom is -0.382 e. The summed E-state index contributed by atoms with van der Waals surface area (Å²) in [6, 6.07) is 4.55. The lowest BCUT2D eigenvalue weighted by Crippen LogP contribution is -2.35. The van der Waals surface area contributed by atoms with Gasteiger partial charge in [0.1, 0.15) is 5.82 Å². The predicted octanol–water partition coefficient (Wildman–Crippen LogP) is 0.0765. The van der Waals surface area contributed by atoms with Crippen LogP contribution in [0.1, 0.15) is 17.7 Å². The summed E-state index contributed by atoms with van der Waals surface area (Å²) < 4.78 is 10.8. The summed E-state index contributed by atoms with van der Waals surface area (Å²) in [5, 5.41) is 0. The third-order valence-corrected chi connectivity index (χ3v) is 4.54. The van der Waals surface area contributed by atoms with Gasteiger partial charge in [0, 0.05) is 31.9 Å². The quantitative estimate of drug-likeness (QED) is 0.749. The Kier molecular flexibility index (Phi) is 4.93. The first kappa shape index (κ1) is 15.7. The Morgan fingerprint density at radius 3 is 2.95 bits per heavy atom. The molecule has 0 bridgehead atoms. The molecule has 4 N–H and O–H groups in total. The third-order valence-electron chi connectivity index (χ3n) is 4.54. The molecule has 2 aliphatic rings. The minimum absolute atomic E-state index is 0.0168. The van der Waals surface area contributed by atoms with E-state index in [1.54, 1.807) is 7.11 Å². The van der Waals surface area contributed by atoms with E-state index in [1.165, 1.54) is 11.3 Å². The summed E-state index contributed by atoms with van der Waals surface area (Å²) in [5.41, 5.74) is 14.7. The van der Waals surface area contributed by atoms with Crippen molar-refractivity contribution in [2.75, 3.05) is 38.3 Å². The maximum Gasteiger partial charge on any atom is 0.128 e. The average Bonchev–Trinajstić information content (AvgIpc) is 2.88. The zero-order valence-corrected chi connectivity index (χ0v) is 13.2. The van der Waals surface area contributed by atoms with Gasteiger partial charge in [-0.25, -0.2) is 4.98 Å². The molecule has 6 heteroatoms. The molecular weight excluding hydrogens is 280 g/mol. The summed E-state index contributed by atoms with van der Waals surface area (Å²) in [6.45, 7) is 2.75. The number of aromatic nitrogens is 1. The highest BCUT2D eigenvalue weighted by atomic mass is 16.5. The smallest absolute Gasteiger partial charge is 0.128 e. The van der Waals surface area contributed by atoms with Crippen molar-refractivity contribution in [1.82, 2.24) is 4.98 Å². The molecule has 0 amide bonds. The maximum absolute atomic E-state index is 6.19. The highest BCUT2D eigenvalue weighted by molar-refractivity contribution is 5.44. The minimum atomic E-state index is 0.0168. The zero-order chi connectivity index (χ0) is 15.5. The second kappa shape index (κ2) is 6.91. The van der Waals surface area contributed by atoms with E-state index in [0.29, 0.717) is 13.2 Å². The normalized spacial score (nSPS) is 28.0. The van der Waals surface area contributed by atoms with Gasteiger partial charge in [-0.3, -0.25) is 0 Å². The summed E-state index contributed by atoms with van der Waals surface area (Å²) in [5.74, 6) is 1.00. The fourth-order valence-electron chi connectivity index (χ4n) is 3.25. The van der Waals surface area contributed by atoms with Crippen LogP contribution >= 0.6 is 0 Å². The number of nitrogens with zero attached hydrogens (tertiary/aromatic N) is 2. The van der Waals surface area contributed by atoms with Gasteiger partial charge in [-0.15, -0.1) is 0 Å². The van der Waals surface area contributed by atoms with E-state index in [4.69, 9.17) is 25.9 Å². The number of hydrogen-bond acceptors (Lipinski definition) is 6. The Morgan fingerprint density at radius 2 is 2.14 bits per heavy atom. The number of ether oxygens (including phenoxy) is 2. The van der Waals surface area contributed by atoms with Gasteiger partial charge < -0.3 is 25.8 Å². The molecule has 0 unspecified atom stereocenters. The van der Waals surface area contributed by atoms with Crippen LogP contribution in [0.25, 0.3) is 0 Å². The molecule has 0 radical (unpaired) electrons. The van der Waals surface area contributed by atoms with Crippen molar-refractivity contribution in [2.24, 2.45) is 11.5 Å². The van der Waals surface area contributed by atoms with Crippen LogP contribution in [-0.2, 0) is 22.3 Å². The lowest BCUT2D eigenvalue weighted by Gasteiger charge is -2.24. The predicted molar refractivity (Wildman–Crippen MR) is 86.0 cm³/mol. The van der Waals surface area contributed by atoms with Crippen LogP contribution in [0.4, 0.5) is 5.82 Å². The number of fused-ring (bicyclic) bond motifs is 1. The zero-order valence-electron chi connectivity index (χ0n) is 13.2. The van der Waals surface area contributed by atoms with E-state index < -0.39 is 0 Å². The van der Waals surface area contributed by atoms with Gasteiger partial charge in [-0.2, -0.15) is 0 Å². The van der Waals surface area contributed by atoms with Crippen LogP contribution in [0.15, 0.2) is 12.1 Å². The molecule has 1 aromatic rings. The molecule has 1 aliphatic carbocycles. The van der Waals surface area contributed by atoms with Crippen LogP contribution in [0, 0.1) is 0 Å². The highest BCUT2D eigenvalue weighted by Crippen LogP contribution is 2.25. The molecule has 1 aromatic heterocycles. The number of anilines is 1. The van der Waals surface area contributed by atoms with Crippen LogP contribution in [0.2, 0.25) is 0 Å². The highest BCUT2D eigenvalue weighted by Gasteiger charge is 2.32. The summed E-state index contributed by atoms with van der Waals surface area (Å²) in [4.78, 5) is 7.05. The number of aryl methyl sites for hydroxylation is 1. The molecule has 3 atom stereocenters. The van der Waals surface area contributed by atoms with E-state index in [2.05, 4.69) is 17.0 Å². The lowest BCUT2D eigenvalue weighted by atomic mass is 9.92. The van der Waals surface area contributed by atoms with Crippen molar-refractivity contribution in [3.8, 4) is 0 Å². The van der Waals surface area contributed by atoms with Crippen molar-refractivity contribution in [3.05, 3.63) is 23.4 Å². The fourth-order valence-corrected chi connectivity index (χ4v) is 3.25. The maximum atomic E-state index is 6.19. The van der Waals surface area contributed by atoms with Crippen LogP contribution < -0.4 is 16.4 Å². The van der Waals surface area contributed by atoms with Crippen molar-refractivity contribution in [2.45, 2.75) is 37.5 Å². The van der Waals surface area contributed by atoms with Gasteiger partial charge in [-0.05, 0) is 30.9 Å². The number of pyridine rings is 1. The Morgan fingerprint density at radius 1 is 1.27 bits per heavy atom. The molecule has 0 spiro atoms. The Balaban J connectivity index is 1.65. The van der Waals surface area contributed by atoms with Gasteiger partial charge >= 0.3 is 0 Å². The summed E-state index contributed by atoms with van der Waals surface area (Å²) in [7, 11) is 1.67. The average molecular weight is 306 g/mol. The second-order valence-corrected chi connectivity index (χ2v) is 6.25. The first-order valence-electron chi connectivity index (χ1n) is 8.03. The van der Waals surface area contributed by atoms with Gasteiger partial charge in [0.15, 0.2) is 0 Å². The summed E-state index contributed by atoms with van der Waals surface area (Å²) >= 11 is 0. The van der Waals surface area contributed by atoms with E-state index >= 15 is 0 Å². The standard InChI is InChI=1S/C16H26N4O2/c1-21-6-7-22-15-10-20(9-13(15)18)16-5-2-11-8-12(17)3-4-14(11)19-16/h2,5,12-13,15H,3-4,6-10,17-18H2,1H3/t12-,13-,15-/m0/s1. The molecule has 0 saturated carbocycles. The Hall–Kier alpha value is -1.21. The molecule has 1 saturated heterocycles. The van der Waals surface area contributed by atoms with Gasteiger partial charge in [0.05, 0.1) is 25.4 Å². The van der Waals surface area contributed by atoms with Crippen LogP contribution in [-0.4, -0.2) is 56.6 Å². The van der Waals surface area contributed by atoms with Crippen molar-refractivity contribution in [1.29, 1.82) is 0 Å². The van der Waals surface area contributed by atoms with Crippen molar-refractivity contribution >= 4 is 5.82 Å². The molecule has 1 aliphatic heterocycles. The van der Waals surface area contributed by atoms with Crippen molar-refractivity contribution < 1.29 is 9.47 Å². The topological polar surface area (TPSA) is 86.6 Å². The molecule has 1 fully saturated rings. The molecular formula is C16H26N4O2. The number of methoxy groups -OCH3 is 1. The van der Waals surface area contributed by atoms with Gasteiger partial charge in [0.2, 0.25) is 0 Å². The van der Waals surface area contributed by atoms with E-state index in [0.717, 1.165) is 38.2 Å². The summed E-state index contributed by atoms with van der Waals surface area (Å²) in [6.07, 6.45) is 2.97. The largest absolute Gasteiger partial charge is 0.382 e. The molecule has 22 heavy (non-hydrogen) atoms. The van der Waals surface area contributed by atoms with Crippen LogP contribution in [0.5, 0.6) is 0 Å². The SMILES string of the molecule is COCCO[C@H]1CN(c2ccc3c(n2)CC[C@H](N)C3)C[C@@H]1N. The first-order valence-corrected chi connectivity index (χ1v) is 8.03. The first-order chi connectivity index (χ1) is 10.7. The fraction of sp³-hybridized carbons (Fsp3) is 0.688. The van der Waals surface area contributed by atoms with E-state index in [9.17, 15) is 0 Å². The Bertz CT molecular complexity index is 511. The third kappa shape index (κ3) is 3.41.